The van der Waals surface area contributed by atoms with Gasteiger partial charge >= 0.3 is 0 Å². The van der Waals surface area contributed by atoms with Crippen LogP contribution in [-0.4, -0.2) is 34.2 Å². The van der Waals surface area contributed by atoms with Crippen LogP contribution in [0.3, 0.4) is 0 Å². The quantitative estimate of drug-likeness (QED) is 0.852. The minimum absolute atomic E-state index is 0.208. The van der Waals surface area contributed by atoms with Gasteiger partial charge in [-0.2, -0.15) is 5.10 Å². The zero-order valence-electron chi connectivity index (χ0n) is 9.49. The first-order chi connectivity index (χ1) is 6.97. The highest BCUT2D eigenvalue weighted by atomic mass is 35.5. The van der Waals surface area contributed by atoms with Gasteiger partial charge in [-0.3, -0.25) is 4.68 Å². The SMILES string of the molecule is COC(C)C(O)Cc1c(C)nn(C)c1Cl. The molecule has 0 spiro atoms. The molecule has 0 fully saturated rings. The van der Waals surface area contributed by atoms with Gasteiger partial charge in [0.25, 0.3) is 0 Å². The van der Waals surface area contributed by atoms with Crippen LogP contribution in [0.5, 0.6) is 0 Å². The second-order valence-corrected chi connectivity index (χ2v) is 4.05. The Morgan fingerprint density at radius 2 is 2.20 bits per heavy atom. The van der Waals surface area contributed by atoms with Gasteiger partial charge in [-0.1, -0.05) is 11.6 Å². The predicted molar refractivity (Wildman–Crippen MR) is 59.1 cm³/mol. The van der Waals surface area contributed by atoms with Crippen molar-refractivity contribution in [2.75, 3.05) is 7.11 Å². The molecule has 0 saturated heterocycles. The van der Waals surface area contributed by atoms with E-state index in [1.165, 1.54) is 0 Å². The number of aromatic nitrogens is 2. The molecule has 1 N–H and O–H groups in total. The number of nitrogens with zero attached hydrogens (tertiary/aromatic N) is 2. The molecule has 0 aromatic carbocycles. The molecule has 86 valence electrons. The van der Waals surface area contributed by atoms with Crippen LogP contribution < -0.4 is 0 Å². The highest BCUT2D eigenvalue weighted by Gasteiger charge is 2.19. The Morgan fingerprint density at radius 1 is 1.60 bits per heavy atom. The highest BCUT2D eigenvalue weighted by Crippen LogP contribution is 2.21. The summed E-state index contributed by atoms with van der Waals surface area (Å²) < 4.78 is 6.66. The van der Waals surface area contributed by atoms with Crippen molar-refractivity contribution in [3.63, 3.8) is 0 Å². The first kappa shape index (κ1) is 12.5. The number of methoxy groups -OCH3 is 1. The van der Waals surface area contributed by atoms with E-state index in [4.69, 9.17) is 16.3 Å². The maximum atomic E-state index is 9.81. The van der Waals surface area contributed by atoms with Crippen LogP contribution in [0.2, 0.25) is 5.15 Å². The van der Waals surface area contributed by atoms with E-state index in [1.807, 2.05) is 13.8 Å². The highest BCUT2D eigenvalue weighted by molar-refractivity contribution is 6.30. The third kappa shape index (κ3) is 2.71. The number of ether oxygens (including phenoxy) is 1. The number of hydrogen-bond donors (Lipinski definition) is 1. The fourth-order valence-electron chi connectivity index (χ4n) is 1.44. The van der Waals surface area contributed by atoms with Crippen molar-refractivity contribution in [3.05, 3.63) is 16.4 Å². The lowest BCUT2D eigenvalue weighted by Gasteiger charge is -2.16. The molecule has 0 aliphatic carbocycles. The van der Waals surface area contributed by atoms with Crippen LogP contribution in [0, 0.1) is 6.92 Å². The van der Waals surface area contributed by atoms with E-state index in [0.717, 1.165) is 11.3 Å². The number of aliphatic hydroxyl groups is 1. The van der Waals surface area contributed by atoms with E-state index in [-0.39, 0.29) is 6.10 Å². The number of halogens is 1. The van der Waals surface area contributed by atoms with Crippen molar-refractivity contribution in [1.29, 1.82) is 0 Å². The van der Waals surface area contributed by atoms with Crippen LogP contribution in [0.1, 0.15) is 18.2 Å². The Hall–Kier alpha value is -0.580. The topological polar surface area (TPSA) is 47.3 Å². The van der Waals surface area contributed by atoms with Gasteiger partial charge in [-0.05, 0) is 13.8 Å². The molecule has 0 bridgehead atoms. The van der Waals surface area contributed by atoms with Crippen molar-refractivity contribution >= 4 is 11.6 Å². The molecule has 0 aliphatic rings. The van der Waals surface area contributed by atoms with Gasteiger partial charge in [-0.15, -0.1) is 0 Å². The minimum Gasteiger partial charge on any atom is -0.390 e. The molecule has 2 unspecified atom stereocenters. The van der Waals surface area contributed by atoms with Crippen molar-refractivity contribution in [2.24, 2.45) is 7.05 Å². The molecule has 2 atom stereocenters. The summed E-state index contributed by atoms with van der Waals surface area (Å²) in [6.07, 6.45) is -0.302. The lowest BCUT2D eigenvalue weighted by molar-refractivity contribution is 0.000346. The third-order valence-electron chi connectivity index (χ3n) is 2.60. The van der Waals surface area contributed by atoms with Crippen molar-refractivity contribution in [2.45, 2.75) is 32.5 Å². The second kappa shape index (κ2) is 4.96. The largest absolute Gasteiger partial charge is 0.390 e. The Morgan fingerprint density at radius 3 is 2.60 bits per heavy atom. The van der Waals surface area contributed by atoms with Crippen molar-refractivity contribution in [1.82, 2.24) is 9.78 Å². The van der Waals surface area contributed by atoms with Gasteiger partial charge < -0.3 is 9.84 Å². The normalized spacial score (nSPS) is 15.3. The van der Waals surface area contributed by atoms with Gasteiger partial charge in [0.2, 0.25) is 0 Å². The average molecular weight is 233 g/mol. The first-order valence-electron chi connectivity index (χ1n) is 4.86. The molecule has 1 aromatic heterocycles. The van der Waals surface area contributed by atoms with Crippen LogP contribution in [0.15, 0.2) is 0 Å². The Kier molecular flexibility index (Phi) is 4.13. The van der Waals surface area contributed by atoms with E-state index in [9.17, 15) is 5.11 Å². The van der Waals surface area contributed by atoms with Gasteiger partial charge in [0.15, 0.2) is 0 Å². The van der Waals surface area contributed by atoms with Crippen molar-refractivity contribution in [3.8, 4) is 0 Å². The fraction of sp³-hybridized carbons (Fsp3) is 0.700. The van der Waals surface area contributed by atoms with Crippen LogP contribution in [0.25, 0.3) is 0 Å². The molecule has 1 heterocycles. The number of rotatable bonds is 4. The molecular weight excluding hydrogens is 216 g/mol. The standard InChI is InChI=1S/C10H17ClN2O2/c1-6-8(10(11)13(3)12-6)5-9(14)7(2)15-4/h7,9,14H,5H2,1-4H3. The van der Waals surface area contributed by atoms with Gasteiger partial charge in [0, 0.05) is 26.1 Å². The summed E-state index contributed by atoms with van der Waals surface area (Å²) >= 11 is 6.05. The molecule has 0 radical (unpaired) electrons. The number of hydrogen-bond acceptors (Lipinski definition) is 3. The van der Waals surface area contributed by atoms with E-state index in [0.29, 0.717) is 11.6 Å². The van der Waals surface area contributed by atoms with Gasteiger partial charge in [0.1, 0.15) is 5.15 Å². The summed E-state index contributed by atoms with van der Waals surface area (Å²) in [5.41, 5.74) is 1.74. The number of aliphatic hydroxyl groups excluding tert-OH is 1. The first-order valence-corrected chi connectivity index (χ1v) is 5.24. The maximum Gasteiger partial charge on any atom is 0.130 e. The monoisotopic (exact) mass is 232 g/mol. The Bertz CT molecular complexity index is 338. The van der Waals surface area contributed by atoms with Gasteiger partial charge in [-0.25, -0.2) is 0 Å². The summed E-state index contributed by atoms with van der Waals surface area (Å²) in [6.45, 7) is 3.70. The summed E-state index contributed by atoms with van der Waals surface area (Å²) in [6, 6.07) is 0. The van der Waals surface area contributed by atoms with Crippen LogP contribution in [-0.2, 0) is 18.2 Å². The van der Waals surface area contributed by atoms with Gasteiger partial charge in [0.05, 0.1) is 17.9 Å². The number of aryl methyl sites for hydroxylation is 2. The third-order valence-corrected chi connectivity index (χ3v) is 3.07. The molecular formula is C10H17ClN2O2. The molecule has 0 amide bonds. The molecule has 1 aromatic rings. The molecule has 0 saturated carbocycles. The Balaban J connectivity index is 2.80. The summed E-state index contributed by atoms with van der Waals surface area (Å²) in [5.74, 6) is 0. The second-order valence-electron chi connectivity index (χ2n) is 3.69. The van der Waals surface area contributed by atoms with E-state index in [2.05, 4.69) is 5.10 Å². The predicted octanol–water partition coefficient (Wildman–Crippen LogP) is 1.32. The molecule has 15 heavy (non-hydrogen) atoms. The van der Waals surface area contributed by atoms with E-state index in [1.54, 1.807) is 18.8 Å². The average Bonchev–Trinajstić information content (AvgIpc) is 2.43. The van der Waals surface area contributed by atoms with E-state index < -0.39 is 6.10 Å². The zero-order valence-corrected chi connectivity index (χ0v) is 10.2. The zero-order chi connectivity index (χ0) is 11.6. The smallest absolute Gasteiger partial charge is 0.130 e. The van der Waals surface area contributed by atoms with E-state index >= 15 is 0 Å². The minimum atomic E-state index is -0.560. The lowest BCUT2D eigenvalue weighted by Crippen LogP contribution is -2.27. The van der Waals surface area contributed by atoms with Crippen LogP contribution >= 0.6 is 11.6 Å². The van der Waals surface area contributed by atoms with Crippen molar-refractivity contribution < 1.29 is 9.84 Å². The molecule has 4 nitrogen and oxygen atoms in total. The fourth-order valence-corrected chi connectivity index (χ4v) is 1.69. The maximum absolute atomic E-state index is 9.81. The molecule has 0 aliphatic heterocycles. The summed E-state index contributed by atoms with van der Waals surface area (Å²) in [4.78, 5) is 0. The molecule has 5 heteroatoms. The lowest BCUT2D eigenvalue weighted by atomic mass is 10.1. The van der Waals surface area contributed by atoms with Crippen LogP contribution in [0.4, 0.5) is 0 Å². The molecule has 1 rings (SSSR count). The Labute approximate surface area is 94.8 Å². The summed E-state index contributed by atoms with van der Waals surface area (Å²) in [5, 5.41) is 14.6. The summed E-state index contributed by atoms with van der Waals surface area (Å²) in [7, 11) is 3.36.